The van der Waals surface area contributed by atoms with E-state index in [9.17, 15) is 22.8 Å². The number of alkyl halides is 3. The van der Waals surface area contributed by atoms with Crippen LogP contribution in [0.3, 0.4) is 0 Å². The second kappa shape index (κ2) is 9.00. The number of hydrogen-bond acceptors (Lipinski definition) is 4. The molecule has 0 unspecified atom stereocenters. The maximum atomic E-state index is 12.2. The summed E-state index contributed by atoms with van der Waals surface area (Å²) in [4.78, 5) is 22.9. The number of benzene rings is 2. The van der Waals surface area contributed by atoms with Gasteiger partial charge in [-0.25, -0.2) is 0 Å². The molecule has 0 atom stereocenters. The molecule has 1 aromatic heterocycles. The highest BCUT2D eigenvalue weighted by Crippen LogP contribution is 2.31. The van der Waals surface area contributed by atoms with Gasteiger partial charge in [-0.1, -0.05) is 36.4 Å². The van der Waals surface area contributed by atoms with E-state index in [4.69, 9.17) is 5.11 Å². The second-order valence-electron chi connectivity index (χ2n) is 6.38. The first-order valence-corrected chi connectivity index (χ1v) is 9.60. The summed E-state index contributed by atoms with van der Waals surface area (Å²) >= 11 is 1.30. The molecule has 0 saturated heterocycles. The normalized spacial score (nSPS) is 11.2. The van der Waals surface area contributed by atoms with Crippen molar-refractivity contribution in [1.82, 2.24) is 0 Å². The molecule has 3 aromatic rings. The number of rotatable bonds is 7. The molecule has 0 aliphatic rings. The molecule has 0 radical (unpaired) electrons. The molecule has 156 valence electrons. The molecule has 0 bridgehead atoms. The second-order valence-corrected chi connectivity index (χ2v) is 7.30. The van der Waals surface area contributed by atoms with E-state index in [-0.39, 0.29) is 24.5 Å². The van der Waals surface area contributed by atoms with Crippen LogP contribution < -0.4 is 10.1 Å². The summed E-state index contributed by atoms with van der Waals surface area (Å²) in [5.41, 5.74) is 2.85. The molecule has 0 saturated carbocycles. The molecule has 0 aliphatic heterocycles. The SMILES string of the molecule is O=C(O)Cc1ccc(CC(=O)Nc2cc(-c3ccc(OC(F)(F)F)cc3)cs2)cc1. The van der Waals surface area contributed by atoms with Gasteiger partial charge in [0, 0.05) is 5.38 Å². The zero-order chi connectivity index (χ0) is 21.7. The Morgan fingerprint density at radius 1 is 0.933 bits per heavy atom. The molecule has 5 nitrogen and oxygen atoms in total. The summed E-state index contributed by atoms with van der Waals surface area (Å²) in [5, 5.41) is 13.9. The number of carboxylic acid groups (broad SMARTS) is 1. The number of ether oxygens (including phenoxy) is 1. The van der Waals surface area contributed by atoms with Crippen LogP contribution in [-0.2, 0) is 22.4 Å². The highest BCUT2D eigenvalue weighted by atomic mass is 32.1. The van der Waals surface area contributed by atoms with Crippen molar-refractivity contribution in [3.8, 4) is 16.9 Å². The van der Waals surface area contributed by atoms with Crippen LogP contribution in [0.15, 0.2) is 60.0 Å². The van der Waals surface area contributed by atoms with Crippen molar-refractivity contribution in [1.29, 1.82) is 0 Å². The van der Waals surface area contributed by atoms with Crippen LogP contribution in [-0.4, -0.2) is 23.3 Å². The molecular formula is C21H16F3NO4S. The van der Waals surface area contributed by atoms with Crippen molar-refractivity contribution in [3.05, 3.63) is 71.1 Å². The molecule has 0 aliphatic carbocycles. The first-order valence-electron chi connectivity index (χ1n) is 8.72. The molecule has 9 heteroatoms. The number of amides is 1. The number of carboxylic acids is 1. The minimum atomic E-state index is -4.74. The van der Waals surface area contributed by atoms with E-state index in [1.165, 1.54) is 35.6 Å². The Morgan fingerprint density at radius 3 is 2.10 bits per heavy atom. The quantitative estimate of drug-likeness (QED) is 0.540. The van der Waals surface area contributed by atoms with Gasteiger partial charge in [-0.05, 0) is 40.5 Å². The van der Waals surface area contributed by atoms with Gasteiger partial charge in [-0.2, -0.15) is 0 Å². The molecule has 1 amide bonds. The number of aliphatic carboxylic acids is 1. The summed E-state index contributed by atoms with van der Waals surface area (Å²) in [7, 11) is 0. The number of anilines is 1. The molecule has 0 fully saturated rings. The first-order chi connectivity index (χ1) is 14.2. The smallest absolute Gasteiger partial charge is 0.481 e. The van der Waals surface area contributed by atoms with Crippen LogP contribution in [0.25, 0.3) is 11.1 Å². The van der Waals surface area contributed by atoms with Gasteiger partial charge in [-0.3, -0.25) is 9.59 Å². The minimum Gasteiger partial charge on any atom is -0.481 e. The number of carbonyl (C=O) groups excluding carboxylic acids is 1. The summed E-state index contributed by atoms with van der Waals surface area (Å²) in [6.45, 7) is 0. The van der Waals surface area contributed by atoms with Crippen LogP contribution in [0.2, 0.25) is 0 Å². The highest BCUT2D eigenvalue weighted by molar-refractivity contribution is 7.14. The van der Waals surface area contributed by atoms with Gasteiger partial charge in [0.2, 0.25) is 5.91 Å². The third kappa shape index (κ3) is 6.35. The topological polar surface area (TPSA) is 75.6 Å². The van der Waals surface area contributed by atoms with Crippen LogP contribution in [0.4, 0.5) is 18.2 Å². The largest absolute Gasteiger partial charge is 0.573 e. The highest BCUT2D eigenvalue weighted by Gasteiger charge is 2.30. The van der Waals surface area contributed by atoms with Crippen molar-refractivity contribution in [2.24, 2.45) is 0 Å². The number of nitrogens with one attached hydrogen (secondary N) is 1. The summed E-state index contributed by atoms with van der Waals surface area (Å²) in [6, 6.07) is 14.0. The summed E-state index contributed by atoms with van der Waals surface area (Å²) < 4.78 is 40.5. The molecule has 3 rings (SSSR count). The van der Waals surface area contributed by atoms with E-state index >= 15 is 0 Å². The number of halogens is 3. The Balaban J connectivity index is 1.58. The van der Waals surface area contributed by atoms with Crippen LogP contribution in [0.5, 0.6) is 5.75 Å². The van der Waals surface area contributed by atoms with E-state index in [1.807, 2.05) is 0 Å². The fourth-order valence-corrected chi connectivity index (χ4v) is 3.54. The zero-order valence-electron chi connectivity index (χ0n) is 15.4. The lowest BCUT2D eigenvalue weighted by molar-refractivity contribution is -0.274. The Hall–Kier alpha value is -3.33. The third-order valence-electron chi connectivity index (χ3n) is 4.03. The van der Waals surface area contributed by atoms with Crippen molar-refractivity contribution in [2.45, 2.75) is 19.2 Å². The van der Waals surface area contributed by atoms with Gasteiger partial charge in [0.15, 0.2) is 0 Å². The average molecular weight is 435 g/mol. The molecule has 2 N–H and O–H groups in total. The van der Waals surface area contributed by atoms with E-state index < -0.39 is 12.3 Å². The van der Waals surface area contributed by atoms with Crippen molar-refractivity contribution < 1.29 is 32.6 Å². The lowest BCUT2D eigenvalue weighted by Crippen LogP contribution is -2.16. The Kier molecular flexibility index (Phi) is 6.41. The van der Waals surface area contributed by atoms with Crippen molar-refractivity contribution in [3.63, 3.8) is 0 Å². The average Bonchev–Trinajstić information content (AvgIpc) is 3.10. The fourth-order valence-electron chi connectivity index (χ4n) is 2.72. The van der Waals surface area contributed by atoms with Crippen molar-refractivity contribution >= 4 is 28.2 Å². The van der Waals surface area contributed by atoms with Crippen molar-refractivity contribution in [2.75, 3.05) is 5.32 Å². The molecule has 30 heavy (non-hydrogen) atoms. The van der Waals surface area contributed by atoms with Gasteiger partial charge in [-0.15, -0.1) is 24.5 Å². The van der Waals surface area contributed by atoms with E-state index in [0.29, 0.717) is 16.1 Å². The van der Waals surface area contributed by atoms with Crippen LogP contribution >= 0.6 is 11.3 Å². The Labute approximate surface area is 173 Å². The van der Waals surface area contributed by atoms with Gasteiger partial charge < -0.3 is 15.2 Å². The number of carbonyl (C=O) groups is 2. The number of thiophene rings is 1. The van der Waals surface area contributed by atoms with Gasteiger partial charge in [0.05, 0.1) is 17.8 Å². The molecule has 2 aromatic carbocycles. The molecule has 0 spiro atoms. The van der Waals surface area contributed by atoms with Gasteiger partial charge in [0.1, 0.15) is 5.75 Å². The van der Waals surface area contributed by atoms with Gasteiger partial charge >= 0.3 is 12.3 Å². The Bertz CT molecular complexity index is 1030. The maximum Gasteiger partial charge on any atom is 0.573 e. The molecule has 1 heterocycles. The third-order valence-corrected chi connectivity index (χ3v) is 4.87. The van der Waals surface area contributed by atoms with Crippen LogP contribution in [0.1, 0.15) is 11.1 Å². The zero-order valence-corrected chi connectivity index (χ0v) is 16.2. The maximum absolute atomic E-state index is 12.2. The standard InChI is InChI=1S/C21H16F3NO4S/c22-21(23,24)29-17-7-5-15(6-8-17)16-11-19(30-12-16)25-18(26)9-13-1-3-14(4-2-13)10-20(27)28/h1-8,11-12H,9-10H2,(H,25,26)(H,27,28). The van der Waals surface area contributed by atoms with Crippen LogP contribution in [0, 0.1) is 0 Å². The lowest BCUT2D eigenvalue weighted by atomic mass is 10.1. The molecular weight excluding hydrogens is 419 g/mol. The summed E-state index contributed by atoms with van der Waals surface area (Å²) in [5.74, 6) is -1.45. The lowest BCUT2D eigenvalue weighted by Gasteiger charge is -2.08. The first kappa shape index (κ1) is 21.4. The number of hydrogen-bond donors (Lipinski definition) is 2. The predicted octanol–water partition coefficient (Wildman–Crippen LogP) is 5.12. The minimum absolute atomic E-state index is 0.0756. The Morgan fingerprint density at radius 2 is 1.53 bits per heavy atom. The van der Waals surface area contributed by atoms with E-state index in [2.05, 4.69) is 10.1 Å². The predicted molar refractivity (Wildman–Crippen MR) is 107 cm³/mol. The monoisotopic (exact) mass is 435 g/mol. The fraction of sp³-hybridized carbons (Fsp3) is 0.143. The van der Waals surface area contributed by atoms with E-state index in [1.54, 1.807) is 35.7 Å². The van der Waals surface area contributed by atoms with Gasteiger partial charge in [0.25, 0.3) is 0 Å². The van der Waals surface area contributed by atoms with E-state index in [0.717, 1.165) is 11.1 Å². The summed E-state index contributed by atoms with van der Waals surface area (Å²) in [6.07, 6.45) is -4.68.